The average molecular weight is 198 g/mol. The Bertz CT molecular complexity index is 245. The molecule has 72 valence electrons. The first-order chi connectivity index (χ1) is 5.54. The first-order valence-electron chi connectivity index (χ1n) is 3.02. The Labute approximate surface area is 70.2 Å². The molecule has 0 aliphatic rings. The zero-order chi connectivity index (χ0) is 9.78. The van der Waals surface area contributed by atoms with Gasteiger partial charge in [-0.15, -0.1) is 0 Å². The van der Waals surface area contributed by atoms with Gasteiger partial charge in [0.2, 0.25) is 10.3 Å². The number of hydrogen-bond donors (Lipinski definition) is 4. The molecule has 0 bridgehead atoms. The molecule has 4 N–H and O–H groups in total. The van der Waals surface area contributed by atoms with Crippen molar-refractivity contribution in [1.29, 1.82) is 0 Å². The van der Waals surface area contributed by atoms with Crippen LogP contribution in [0.25, 0.3) is 0 Å². The van der Waals surface area contributed by atoms with Crippen molar-refractivity contribution < 1.29 is 28.8 Å². The summed E-state index contributed by atoms with van der Waals surface area (Å²) in [6.07, 6.45) is 0. The third kappa shape index (κ3) is 2.02. The fourth-order valence-corrected chi connectivity index (χ4v) is 1.08. The van der Waals surface area contributed by atoms with E-state index in [1.54, 1.807) is 0 Å². The Hall–Kier alpha value is -0.470. The predicted molar refractivity (Wildman–Crippen MR) is 40.2 cm³/mol. The van der Waals surface area contributed by atoms with Crippen molar-refractivity contribution in [2.75, 3.05) is 19.8 Å². The summed E-state index contributed by atoms with van der Waals surface area (Å²) in [5.74, 6) is 0. The fourth-order valence-electron chi connectivity index (χ4n) is 0.530. The maximum absolute atomic E-state index is 10.2. The Morgan fingerprint density at radius 2 is 1.42 bits per heavy atom. The Morgan fingerprint density at radius 3 is 1.50 bits per heavy atom. The van der Waals surface area contributed by atoms with Crippen LogP contribution < -0.4 is 0 Å². The van der Waals surface area contributed by atoms with Crippen LogP contribution in [0.5, 0.6) is 0 Å². The number of aliphatic hydroxyl groups excluding tert-OH is 4. The minimum atomic E-state index is -2.94. The monoisotopic (exact) mass is 198 g/mol. The highest BCUT2D eigenvalue weighted by atomic mass is 32.2. The standard InChI is InChI=1S/C5H10O6S/c6-1-5(2-7,3-8)4(9)12(10)11/h6-9H,1-3H2. The Balaban J connectivity index is 5.12. The topological polar surface area (TPSA) is 115 Å². The molecule has 0 amide bonds. The van der Waals surface area contributed by atoms with Crippen LogP contribution in [-0.2, 0) is 10.3 Å². The van der Waals surface area contributed by atoms with Gasteiger partial charge in [-0.3, -0.25) is 0 Å². The summed E-state index contributed by atoms with van der Waals surface area (Å²) in [4.78, 5) is 0. The molecule has 0 radical (unpaired) electrons. The van der Waals surface area contributed by atoms with Crippen molar-refractivity contribution in [2.45, 2.75) is 0 Å². The molecule has 6 nitrogen and oxygen atoms in total. The van der Waals surface area contributed by atoms with Gasteiger partial charge < -0.3 is 20.4 Å². The lowest BCUT2D eigenvalue weighted by molar-refractivity contribution is 0.0468. The highest BCUT2D eigenvalue weighted by molar-refractivity contribution is 7.72. The van der Waals surface area contributed by atoms with Crippen LogP contribution in [0.2, 0.25) is 0 Å². The molecule has 7 heteroatoms. The molecule has 0 saturated heterocycles. The number of aliphatic hydroxyl groups is 4. The first-order valence-corrected chi connectivity index (χ1v) is 4.10. The van der Waals surface area contributed by atoms with Crippen LogP contribution in [0.3, 0.4) is 0 Å². The summed E-state index contributed by atoms with van der Waals surface area (Å²) in [5, 5.41) is 33.6. The second kappa shape index (κ2) is 4.53. The first kappa shape index (κ1) is 11.5. The number of hydrogen-bond acceptors (Lipinski definition) is 5. The van der Waals surface area contributed by atoms with Crippen LogP contribution in [0.15, 0.2) is 0 Å². The van der Waals surface area contributed by atoms with E-state index < -0.39 is 40.6 Å². The number of rotatable bonds is 4. The van der Waals surface area contributed by atoms with E-state index >= 15 is 0 Å². The van der Waals surface area contributed by atoms with Crippen molar-refractivity contribution in [3.8, 4) is 0 Å². The lowest BCUT2D eigenvalue weighted by atomic mass is 9.93. The van der Waals surface area contributed by atoms with E-state index in [-0.39, 0.29) is 0 Å². The molecule has 0 rings (SSSR count). The molecule has 0 aromatic rings. The quantitative estimate of drug-likeness (QED) is 0.372. The molecule has 0 saturated carbocycles. The maximum Gasteiger partial charge on any atom is 0.241 e. The normalized spacial score (nSPS) is 11.3. The third-order valence-corrected chi connectivity index (χ3v) is 2.27. The van der Waals surface area contributed by atoms with Crippen LogP contribution in [0.1, 0.15) is 0 Å². The van der Waals surface area contributed by atoms with Crippen LogP contribution >= 0.6 is 0 Å². The SMILES string of the molecule is O=S(=O)=C(O)C(CO)(CO)CO. The summed E-state index contributed by atoms with van der Waals surface area (Å²) in [7, 11) is -2.94. The smallest absolute Gasteiger partial charge is 0.241 e. The summed E-state index contributed by atoms with van der Waals surface area (Å²) in [5.41, 5.74) is -1.87. The average Bonchev–Trinajstić information content (AvgIpc) is 2.08. The van der Waals surface area contributed by atoms with E-state index in [1.165, 1.54) is 0 Å². The molecule has 12 heavy (non-hydrogen) atoms. The highest BCUT2D eigenvalue weighted by Crippen LogP contribution is 2.14. The lowest BCUT2D eigenvalue weighted by Gasteiger charge is -2.23. The molecule has 0 aliphatic carbocycles. The van der Waals surface area contributed by atoms with Crippen molar-refractivity contribution >= 4 is 15.3 Å². The predicted octanol–water partition coefficient (Wildman–Crippen LogP) is -2.48. The molecule has 0 fully saturated rings. The van der Waals surface area contributed by atoms with E-state index in [4.69, 9.17) is 20.4 Å². The van der Waals surface area contributed by atoms with Gasteiger partial charge in [0, 0.05) is 0 Å². The molecule has 0 aromatic heterocycles. The zero-order valence-electron chi connectivity index (χ0n) is 6.13. The van der Waals surface area contributed by atoms with Gasteiger partial charge in [-0.05, 0) is 0 Å². The van der Waals surface area contributed by atoms with Gasteiger partial charge in [-0.1, -0.05) is 0 Å². The van der Waals surface area contributed by atoms with Crippen LogP contribution in [-0.4, -0.2) is 53.7 Å². The Morgan fingerprint density at radius 1 is 1.08 bits per heavy atom. The lowest BCUT2D eigenvalue weighted by Crippen LogP contribution is -2.42. The summed E-state index contributed by atoms with van der Waals surface area (Å²) >= 11 is 0. The van der Waals surface area contributed by atoms with E-state index in [9.17, 15) is 8.42 Å². The van der Waals surface area contributed by atoms with Gasteiger partial charge in [0.1, 0.15) is 5.41 Å². The molecule has 0 spiro atoms. The minimum Gasteiger partial charge on any atom is -0.395 e. The fraction of sp³-hybridized carbons (Fsp3) is 0.800. The van der Waals surface area contributed by atoms with Gasteiger partial charge in [0.05, 0.1) is 19.8 Å². The third-order valence-electron chi connectivity index (χ3n) is 1.52. The molecule has 0 aliphatic heterocycles. The summed E-state index contributed by atoms with van der Waals surface area (Å²) in [6, 6.07) is 0. The second-order valence-corrected chi connectivity index (χ2v) is 3.15. The summed E-state index contributed by atoms with van der Waals surface area (Å²) < 4.78 is 20.4. The van der Waals surface area contributed by atoms with E-state index in [2.05, 4.69) is 0 Å². The minimum absolute atomic E-state index is 0.847. The van der Waals surface area contributed by atoms with Gasteiger partial charge in [-0.25, -0.2) is 0 Å². The van der Waals surface area contributed by atoms with Gasteiger partial charge in [0.25, 0.3) is 0 Å². The second-order valence-electron chi connectivity index (χ2n) is 2.29. The molecular formula is C5H10O6S. The molecule has 0 aromatic carbocycles. The Kier molecular flexibility index (Phi) is 4.35. The zero-order valence-corrected chi connectivity index (χ0v) is 6.95. The van der Waals surface area contributed by atoms with Crippen molar-refractivity contribution in [1.82, 2.24) is 0 Å². The van der Waals surface area contributed by atoms with Crippen molar-refractivity contribution in [3.63, 3.8) is 0 Å². The van der Waals surface area contributed by atoms with Gasteiger partial charge in [-0.2, -0.15) is 8.42 Å². The largest absolute Gasteiger partial charge is 0.395 e. The van der Waals surface area contributed by atoms with Gasteiger partial charge >= 0.3 is 0 Å². The van der Waals surface area contributed by atoms with Crippen LogP contribution in [0, 0.1) is 5.41 Å². The van der Waals surface area contributed by atoms with Crippen LogP contribution in [0.4, 0.5) is 0 Å². The maximum atomic E-state index is 10.2. The van der Waals surface area contributed by atoms with E-state index in [0.29, 0.717) is 0 Å². The molecule has 0 unspecified atom stereocenters. The van der Waals surface area contributed by atoms with Crippen molar-refractivity contribution in [3.05, 3.63) is 0 Å². The van der Waals surface area contributed by atoms with Crippen molar-refractivity contribution in [2.24, 2.45) is 5.41 Å². The van der Waals surface area contributed by atoms with E-state index in [1.807, 2.05) is 0 Å². The van der Waals surface area contributed by atoms with E-state index in [0.717, 1.165) is 0 Å². The van der Waals surface area contributed by atoms with Gasteiger partial charge in [0.15, 0.2) is 5.05 Å². The molecule has 0 atom stereocenters. The molecule has 0 heterocycles. The highest BCUT2D eigenvalue weighted by Gasteiger charge is 2.34. The molecular weight excluding hydrogens is 188 g/mol. The summed E-state index contributed by atoms with van der Waals surface area (Å²) in [6.45, 7) is -2.54.